The lowest BCUT2D eigenvalue weighted by Gasteiger charge is -2.13. The van der Waals surface area contributed by atoms with Crippen LogP contribution in [0.1, 0.15) is 22.8 Å². The Labute approximate surface area is 133 Å². The Balaban J connectivity index is 1.96. The van der Waals surface area contributed by atoms with Gasteiger partial charge >= 0.3 is 0 Å². The van der Waals surface area contributed by atoms with Gasteiger partial charge in [0.05, 0.1) is 11.0 Å². The van der Waals surface area contributed by atoms with Gasteiger partial charge in [0.1, 0.15) is 0 Å². The van der Waals surface area contributed by atoms with E-state index in [1.54, 1.807) is 0 Å². The highest BCUT2D eigenvalue weighted by molar-refractivity contribution is 6.31. The molecule has 0 bridgehead atoms. The number of non-ortho nitro benzene ring substituents is 1. The van der Waals surface area contributed by atoms with E-state index in [4.69, 9.17) is 11.6 Å². The largest absolute Gasteiger partial charge is 0.387 e. The normalized spacial score (nSPS) is 12.1. The first-order valence-corrected chi connectivity index (χ1v) is 7.23. The third-order valence-corrected chi connectivity index (χ3v) is 3.69. The molecule has 2 N–H and O–H groups in total. The molecule has 0 aromatic heterocycles. The zero-order valence-electron chi connectivity index (χ0n) is 12.1. The third kappa shape index (κ3) is 4.27. The molecule has 0 amide bonds. The van der Waals surface area contributed by atoms with Crippen LogP contribution >= 0.6 is 11.6 Å². The van der Waals surface area contributed by atoms with E-state index in [-0.39, 0.29) is 5.69 Å². The summed E-state index contributed by atoms with van der Waals surface area (Å²) in [7, 11) is 0. The van der Waals surface area contributed by atoms with Crippen LogP contribution < -0.4 is 5.32 Å². The van der Waals surface area contributed by atoms with E-state index in [0.717, 1.165) is 11.1 Å². The molecule has 0 spiro atoms. The molecule has 0 fully saturated rings. The van der Waals surface area contributed by atoms with Gasteiger partial charge in [-0.3, -0.25) is 10.1 Å². The summed E-state index contributed by atoms with van der Waals surface area (Å²) >= 11 is 6.03. The molecule has 1 unspecified atom stereocenters. The first-order valence-electron chi connectivity index (χ1n) is 6.85. The van der Waals surface area contributed by atoms with Gasteiger partial charge in [-0.05, 0) is 24.1 Å². The Morgan fingerprint density at radius 1 is 1.32 bits per heavy atom. The number of hydrogen-bond donors (Lipinski definition) is 2. The molecule has 0 aliphatic heterocycles. The lowest BCUT2D eigenvalue weighted by atomic mass is 10.1. The van der Waals surface area contributed by atoms with Crippen molar-refractivity contribution in [3.05, 3.63) is 74.3 Å². The van der Waals surface area contributed by atoms with Crippen LogP contribution in [0, 0.1) is 17.0 Å². The molecule has 2 rings (SSSR count). The molecule has 22 heavy (non-hydrogen) atoms. The van der Waals surface area contributed by atoms with Crippen LogP contribution in [0.2, 0.25) is 5.02 Å². The lowest BCUT2D eigenvalue weighted by Crippen LogP contribution is -2.21. The van der Waals surface area contributed by atoms with Crippen LogP contribution in [0.3, 0.4) is 0 Å². The SMILES string of the molecule is Cc1cccc(C(O)CNCc2cc([N+](=O)[O-])ccc2Cl)c1. The Morgan fingerprint density at radius 3 is 2.77 bits per heavy atom. The molecule has 2 aromatic carbocycles. The van der Waals surface area contributed by atoms with Gasteiger partial charge in [-0.25, -0.2) is 0 Å². The highest BCUT2D eigenvalue weighted by Crippen LogP contribution is 2.22. The quantitative estimate of drug-likeness (QED) is 0.632. The Hall–Kier alpha value is -1.95. The number of aliphatic hydroxyl groups excluding tert-OH is 1. The lowest BCUT2D eigenvalue weighted by molar-refractivity contribution is -0.384. The van der Waals surface area contributed by atoms with Crippen LogP contribution in [0.5, 0.6) is 0 Å². The second-order valence-corrected chi connectivity index (χ2v) is 5.50. The van der Waals surface area contributed by atoms with Crippen molar-refractivity contribution in [1.82, 2.24) is 5.32 Å². The van der Waals surface area contributed by atoms with Crippen LogP contribution in [0.4, 0.5) is 5.69 Å². The molecular weight excluding hydrogens is 304 g/mol. The number of nitrogens with one attached hydrogen (secondary N) is 1. The Kier molecular flexibility index (Phi) is 5.49. The Morgan fingerprint density at radius 2 is 2.09 bits per heavy atom. The number of nitro benzene ring substituents is 1. The van der Waals surface area contributed by atoms with Gasteiger partial charge in [0.2, 0.25) is 0 Å². The zero-order valence-corrected chi connectivity index (χ0v) is 12.9. The molecule has 0 heterocycles. The standard InChI is InChI=1S/C16H17ClN2O3/c1-11-3-2-4-12(7-11)16(20)10-18-9-13-8-14(19(21)22)5-6-15(13)17/h2-8,16,18,20H,9-10H2,1H3. The summed E-state index contributed by atoms with van der Waals surface area (Å²) in [5.74, 6) is 0. The molecule has 6 heteroatoms. The fraction of sp³-hybridized carbons (Fsp3) is 0.250. The van der Waals surface area contributed by atoms with Crippen LogP contribution in [0.15, 0.2) is 42.5 Å². The van der Waals surface area contributed by atoms with Crippen molar-refractivity contribution < 1.29 is 10.0 Å². The molecule has 2 aromatic rings. The van der Waals surface area contributed by atoms with Gasteiger partial charge in [-0.1, -0.05) is 41.4 Å². The molecule has 1 atom stereocenters. The van der Waals surface area contributed by atoms with Crippen molar-refractivity contribution in [1.29, 1.82) is 0 Å². The highest BCUT2D eigenvalue weighted by Gasteiger charge is 2.11. The summed E-state index contributed by atoms with van der Waals surface area (Å²) in [4.78, 5) is 10.3. The number of halogens is 1. The number of aryl methyl sites for hydroxylation is 1. The van der Waals surface area contributed by atoms with Gasteiger partial charge in [0.15, 0.2) is 0 Å². The number of rotatable bonds is 6. The molecule has 0 aliphatic rings. The van der Waals surface area contributed by atoms with Crippen molar-refractivity contribution in [2.24, 2.45) is 0 Å². The van der Waals surface area contributed by atoms with Crippen molar-refractivity contribution in [2.75, 3.05) is 6.54 Å². The average molecular weight is 321 g/mol. The predicted molar refractivity (Wildman–Crippen MR) is 86.0 cm³/mol. The Bertz CT molecular complexity index is 676. The summed E-state index contributed by atoms with van der Waals surface area (Å²) in [5, 5.41) is 24.4. The first-order chi connectivity index (χ1) is 10.5. The topological polar surface area (TPSA) is 75.4 Å². The monoisotopic (exact) mass is 320 g/mol. The van der Waals surface area contributed by atoms with Crippen LogP contribution in [0.25, 0.3) is 0 Å². The van der Waals surface area contributed by atoms with E-state index < -0.39 is 11.0 Å². The number of nitrogens with zero attached hydrogens (tertiary/aromatic N) is 1. The van der Waals surface area contributed by atoms with Crippen LogP contribution in [-0.2, 0) is 6.54 Å². The third-order valence-electron chi connectivity index (χ3n) is 3.32. The molecular formula is C16H17ClN2O3. The second kappa shape index (κ2) is 7.35. The fourth-order valence-electron chi connectivity index (χ4n) is 2.15. The van der Waals surface area contributed by atoms with E-state index in [2.05, 4.69) is 5.32 Å². The minimum atomic E-state index is -0.641. The molecule has 116 valence electrons. The van der Waals surface area contributed by atoms with Gasteiger partial charge in [0.25, 0.3) is 5.69 Å². The van der Waals surface area contributed by atoms with Gasteiger partial charge in [-0.2, -0.15) is 0 Å². The smallest absolute Gasteiger partial charge is 0.269 e. The zero-order chi connectivity index (χ0) is 16.1. The molecule has 0 aliphatic carbocycles. The van der Waals surface area contributed by atoms with Crippen molar-refractivity contribution in [3.63, 3.8) is 0 Å². The summed E-state index contributed by atoms with van der Waals surface area (Å²) in [6.07, 6.45) is -0.641. The second-order valence-electron chi connectivity index (χ2n) is 5.09. The van der Waals surface area contributed by atoms with Crippen molar-refractivity contribution >= 4 is 17.3 Å². The van der Waals surface area contributed by atoms with E-state index >= 15 is 0 Å². The maximum Gasteiger partial charge on any atom is 0.269 e. The van der Waals surface area contributed by atoms with Crippen molar-refractivity contribution in [3.8, 4) is 0 Å². The summed E-state index contributed by atoms with van der Waals surface area (Å²) in [5.41, 5.74) is 2.55. The molecule has 0 saturated heterocycles. The van der Waals surface area contributed by atoms with E-state index in [1.807, 2.05) is 31.2 Å². The van der Waals surface area contributed by atoms with E-state index in [1.165, 1.54) is 18.2 Å². The van der Waals surface area contributed by atoms with Crippen molar-refractivity contribution in [2.45, 2.75) is 19.6 Å². The van der Waals surface area contributed by atoms with Crippen LogP contribution in [-0.4, -0.2) is 16.6 Å². The number of benzene rings is 2. The number of nitro groups is 1. The van der Waals surface area contributed by atoms with E-state index in [0.29, 0.717) is 23.7 Å². The molecule has 0 saturated carbocycles. The van der Waals surface area contributed by atoms with E-state index in [9.17, 15) is 15.2 Å². The molecule has 5 nitrogen and oxygen atoms in total. The first kappa shape index (κ1) is 16.4. The highest BCUT2D eigenvalue weighted by atomic mass is 35.5. The summed E-state index contributed by atoms with van der Waals surface area (Å²) in [6, 6.07) is 12.0. The maximum absolute atomic E-state index is 10.8. The minimum Gasteiger partial charge on any atom is -0.387 e. The predicted octanol–water partition coefficient (Wildman–Crippen LogP) is 3.38. The van der Waals surface area contributed by atoms with Gasteiger partial charge in [-0.15, -0.1) is 0 Å². The average Bonchev–Trinajstić information content (AvgIpc) is 2.48. The minimum absolute atomic E-state index is 0.000401. The summed E-state index contributed by atoms with van der Waals surface area (Å²) in [6.45, 7) is 2.65. The maximum atomic E-state index is 10.8. The fourth-order valence-corrected chi connectivity index (χ4v) is 2.33. The molecule has 0 radical (unpaired) electrons. The van der Waals surface area contributed by atoms with Gasteiger partial charge < -0.3 is 10.4 Å². The number of hydrogen-bond acceptors (Lipinski definition) is 4. The summed E-state index contributed by atoms with van der Waals surface area (Å²) < 4.78 is 0. The number of aliphatic hydroxyl groups is 1. The van der Waals surface area contributed by atoms with Gasteiger partial charge in [0, 0.05) is 30.2 Å².